The van der Waals surface area contributed by atoms with Gasteiger partial charge in [0.1, 0.15) is 0 Å². The van der Waals surface area contributed by atoms with Crippen LogP contribution in [0.25, 0.3) is 0 Å². The Kier molecular flexibility index (Phi) is 4.34. The van der Waals surface area contributed by atoms with E-state index in [0.29, 0.717) is 30.6 Å². The van der Waals surface area contributed by atoms with Crippen molar-refractivity contribution in [3.63, 3.8) is 0 Å². The molecular weight excluding hydrogens is 238 g/mol. The van der Waals surface area contributed by atoms with Crippen LogP contribution in [0.3, 0.4) is 0 Å². The minimum atomic E-state index is 0.126. The van der Waals surface area contributed by atoms with Crippen molar-refractivity contribution < 1.29 is 4.79 Å². The molecule has 0 radical (unpaired) electrons. The van der Waals surface area contributed by atoms with Crippen molar-refractivity contribution in [3.8, 4) is 0 Å². The summed E-state index contributed by atoms with van der Waals surface area (Å²) in [5.41, 5.74) is 1.00. The number of carbonyl (C=O) groups is 1. The maximum Gasteiger partial charge on any atom is 0.221 e. The van der Waals surface area contributed by atoms with Gasteiger partial charge in [0, 0.05) is 37.9 Å². The number of hydrogen-bond acceptors (Lipinski definition) is 3. The number of amides is 1. The van der Waals surface area contributed by atoms with E-state index in [4.69, 9.17) is 11.6 Å². The van der Waals surface area contributed by atoms with E-state index in [1.807, 2.05) is 6.07 Å². The first-order valence-electron chi connectivity index (χ1n) is 5.84. The molecule has 1 fully saturated rings. The molecule has 0 atom stereocenters. The predicted molar refractivity (Wildman–Crippen MR) is 66.7 cm³/mol. The molecule has 1 saturated carbocycles. The number of nitrogens with zero attached hydrogens (tertiary/aromatic N) is 1. The van der Waals surface area contributed by atoms with Crippen molar-refractivity contribution in [2.75, 3.05) is 6.54 Å². The Morgan fingerprint density at radius 1 is 1.53 bits per heavy atom. The molecule has 1 aliphatic rings. The summed E-state index contributed by atoms with van der Waals surface area (Å²) in [4.78, 5) is 15.3. The first-order chi connectivity index (χ1) is 8.25. The molecule has 0 unspecified atom stereocenters. The zero-order chi connectivity index (χ0) is 12.1. The molecule has 1 aliphatic carbocycles. The Bertz CT molecular complexity index is 393. The normalized spacial score (nSPS) is 14.6. The van der Waals surface area contributed by atoms with Crippen LogP contribution in [-0.2, 0) is 11.3 Å². The summed E-state index contributed by atoms with van der Waals surface area (Å²) >= 11 is 5.96. The number of aromatic nitrogens is 1. The van der Waals surface area contributed by atoms with Crippen molar-refractivity contribution in [1.29, 1.82) is 0 Å². The minimum absolute atomic E-state index is 0.126. The van der Waals surface area contributed by atoms with E-state index in [2.05, 4.69) is 15.6 Å². The molecule has 4 nitrogen and oxygen atoms in total. The number of nitrogens with one attached hydrogen (secondary N) is 2. The van der Waals surface area contributed by atoms with Gasteiger partial charge in [-0.1, -0.05) is 11.6 Å². The van der Waals surface area contributed by atoms with E-state index in [1.165, 1.54) is 0 Å². The maximum absolute atomic E-state index is 11.4. The van der Waals surface area contributed by atoms with Gasteiger partial charge in [0.25, 0.3) is 0 Å². The Labute approximate surface area is 106 Å². The standard InChI is InChI=1S/C12H16ClN3O/c13-11-8-15-5-3-9(11)7-14-6-4-12(17)16-10-1-2-10/h3,5,8,10,14H,1-2,4,6-7H2,(H,16,17). The average Bonchev–Trinajstić information content (AvgIpc) is 3.10. The molecule has 1 amide bonds. The van der Waals surface area contributed by atoms with Gasteiger partial charge in [0.2, 0.25) is 5.91 Å². The molecule has 0 saturated heterocycles. The van der Waals surface area contributed by atoms with E-state index < -0.39 is 0 Å². The summed E-state index contributed by atoms with van der Waals surface area (Å²) < 4.78 is 0. The fourth-order valence-corrected chi connectivity index (χ4v) is 1.69. The lowest BCUT2D eigenvalue weighted by molar-refractivity contribution is -0.121. The first kappa shape index (κ1) is 12.3. The lowest BCUT2D eigenvalue weighted by Crippen LogP contribution is -2.29. The van der Waals surface area contributed by atoms with Crippen LogP contribution >= 0.6 is 11.6 Å². The predicted octanol–water partition coefficient (Wildman–Crippen LogP) is 1.49. The molecule has 1 aromatic heterocycles. The van der Waals surface area contributed by atoms with Crippen molar-refractivity contribution in [3.05, 3.63) is 29.0 Å². The number of hydrogen-bond donors (Lipinski definition) is 2. The smallest absolute Gasteiger partial charge is 0.221 e. The topological polar surface area (TPSA) is 54.0 Å². The number of carbonyl (C=O) groups excluding carboxylic acids is 1. The summed E-state index contributed by atoms with van der Waals surface area (Å²) in [6, 6.07) is 2.32. The van der Waals surface area contributed by atoms with Gasteiger partial charge in [-0.15, -0.1) is 0 Å². The van der Waals surface area contributed by atoms with Gasteiger partial charge in [-0.25, -0.2) is 0 Å². The third kappa shape index (κ3) is 4.32. The van der Waals surface area contributed by atoms with Crippen LogP contribution < -0.4 is 10.6 Å². The van der Waals surface area contributed by atoms with E-state index in [1.54, 1.807) is 12.4 Å². The van der Waals surface area contributed by atoms with Crippen LogP contribution in [0.1, 0.15) is 24.8 Å². The zero-order valence-electron chi connectivity index (χ0n) is 9.58. The van der Waals surface area contributed by atoms with Crippen molar-refractivity contribution in [2.45, 2.75) is 31.8 Å². The molecule has 1 heterocycles. The second kappa shape index (κ2) is 5.98. The molecule has 0 bridgehead atoms. The molecule has 2 rings (SSSR count). The van der Waals surface area contributed by atoms with Gasteiger partial charge in [-0.05, 0) is 24.5 Å². The van der Waals surface area contributed by atoms with Crippen LogP contribution in [-0.4, -0.2) is 23.5 Å². The fourth-order valence-electron chi connectivity index (χ4n) is 1.50. The van der Waals surface area contributed by atoms with E-state index in [9.17, 15) is 4.79 Å². The zero-order valence-corrected chi connectivity index (χ0v) is 10.3. The average molecular weight is 254 g/mol. The van der Waals surface area contributed by atoms with Crippen LogP contribution in [0.5, 0.6) is 0 Å². The van der Waals surface area contributed by atoms with Gasteiger partial charge in [0.15, 0.2) is 0 Å². The monoisotopic (exact) mass is 253 g/mol. The third-order valence-electron chi connectivity index (χ3n) is 2.64. The van der Waals surface area contributed by atoms with E-state index in [-0.39, 0.29) is 5.91 Å². The number of pyridine rings is 1. The molecule has 92 valence electrons. The Hall–Kier alpha value is -1.13. The summed E-state index contributed by atoms with van der Waals surface area (Å²) in [5, 5.41) is 6.80. The van der Waals surface area contributed by atoms with E-state index in [0.717, 1.165) is 18.4 Å². The number of rotatable bonds is 6. The SMILES string of the molecule is O=C(CCNCc1ccncc1Cl)NC1CC1. The lowest BCUT2D eigenvalue weighted by Gasteiger charge is -2.06. The third-order valence-corrected chi connectivity index (χ3v) is 2.98. The molecule has 5 heteroatoms. The Morgan fingerprint density at radius 2 is 2.35 bits per heavy atom. The molecule has 0 spiro atoms. The van der Waals surface area contributed by atoms with E-state index >= 15 is 0 Å². The first-order valence-corrected chi connectivity index (χ1v) is 6.22. The molecular formula is C12H16ClN3O. The van der Waals surface area contributed by atoms with Gasteiger partial charge >= 0.3 is 0 Å². The maximum atomic E-state index is 11.4. The molecule has 17 heavy (non-hydrogen) atoms. The molecule has 0 aliphatic heterocycles. The van der Waals surface area contributed by atoms with Crippen LogP contribution in [0.2, 0.25) is 5.02 Å². The highest BCUT2D eigenvalue weighted by Crippen LogP contribution is 2.18. The summed E-state index contributed by atoms with van der Waals surface area (Å²) in [5.74, 6) is 0.126. The van der Waals surface area contributed by atoms with Crippen molar-refractivity contribution >= 4 is 17.5 Å². The molecule has 2 N–H and O–H groups in total. The molecule has 0 aromatic carbocycles. The highest BCUT2D eigenvalue weighted by Gasteiger charge is 2.22. The van der Waals surface area contributed by atoms with Crippen LogP contribution in [0.15, 0.2) is 18.5 Å². The fraction of sp³-hybridized carbons (Fsp3) is 0.500. The Morgan fingerprint density at radius 3 is 3.06 bits per heavy atom. The van der Waals surface area contributed by atoms with Gasteiger partial charge in [-0.2, -0.15) is 0 Å². The summed E-state index contributed by atoms with van der Waals surface area (Å²) in [6.07, 6.45) is 6.11. The quantitative estimate of drug-likeness (QED) is 0.756. The second-order valence-electron chi connectivity index (χ2n) is 4.24. The van der Waals surface area contributed by atoms with Crippen molar-refractivity contribution in [2.24, 2.45) is 0 Å². The Balaban J connectivity index is 1.62. The van der Waals surface area contributed by atoms with Crippen LogP contribution in [0.4, 0.5) is 0 Å². The largest absolute Gasteiger partial charge is 0.353 e. The van der Waals surface area contributed by atoms with Gasteiger partial charge in [-0.3, -0.25) is 9.78 Å². The van der Waals surface area contributed by atoms with Crippen molar-refractivity contribution in [1.82, 2.24) is 15.6 Å². The lowest BCUT2D eigenvalue weighted by atomic mass is 10.2. The second-order valence-corrected chi connectivity index (χ2v) is 4.64. The highest BCUT2D eigenvalue weighted by molar-refractivity contribution is 6.31. The summed E-state index contributed by atoms with van der Waals surface area (Å²) in [7, 11) is 0. The summed E-state index contributed by atoms with van der Waals surface area (Å²) in [6.45, 7) is 1.33. The molecule has 1 aromatic rings. The van der Waals surface area contributed by atoms with Gasteiger partial charge in [0.05, 0.1) is 5.02 Å². The van der Waals surface area contributed by atoms with Crippen LogP contribution in [0, 0.1) is 0 Å². The number of halogens is 1. The minimum Gasteiger partial charge on any atom is -0.353 e. The van der Waals surface area contributed by atoms with Gasteiger partial charge < -0.3 is 10.6 Å². The highest BCUT2D eigenvalue weighted by atomic mass is 35.5.